The van der Waals surface area contributed by atoms with Crippen molar-refractivity contribution in [2.24, 2.45) is 0 Å². The van der Waals surface area contributed by atoms with Gasteiger partial charge in [-0.15, -0.1) is 0 Å². The molecule has 0 saturated heterocycles. The highest BCUT2D eigenvalue weighted by Gasteiger charge is 2.33. The van der Waals surface area contributed by atoms with Crippen LogP contribution < -0.4 is 9.05 Å². The number of para-hydroxylation sites is 2. The van der Waals surface area contributed by atoms with Crippen LogP contribution in [0.25, 0.3) is 0 Å². The van der Waals surface area contributed by atoms with E-state index in [0.29, 0.717) is 11.5 Å². The third-order valence-corrected chi connectivity index (χ3v) is 5.22. The van der Waals surface area contributed by atoms with Crippen LogP contribution in [0.15, 0.2) is 115 Å². The van der Waals surface area contributed by atoms with Crippen LogP contribution in [-0.2, 0) is 15.5 Å². The molecule has 0 fully saturated rings. The van der Waals surface area contributed by atoms with Gasteiger partial charge in [0, 0.05) is 0 Å². The molecule has 0 aliphatic carbocycles. The van der Waals surface area contributed by atoms with Crippen molar-refractivity contribution in [1.29, 1.82) is 0 Å². The van der Waals surface area contributed by atoms with Crippen molar-refractivity contribution in [2.75, 3.05) is 0 Å². The Bertz CT molecular complexity index is 924. The number of hydrogen-bond donors (Lipinski definition) is 0. The van der Waals surface area contributed by atoms with Crippen LogP contribution in [-0.4, -0.2) is 0 Å². The molecule has 0 heterocycles. The first-order chi connectivity index (χ1) is 14.1. The molecule has 0 aliphatic heterocycles. The average Bonchev–Trinajstić information content (AvgIpc) is 2.73. The fraction of sp³-hybridized carbons (Fsp3) is 0.0833. The predicted molar refractivity (Wildman–Crippen MR) is 116 cm³/mol. The van der Waals surface area contributed by atoms with E-state index in [1.54, 1.807) is 54.6 Å². The van der Waals surface area contributed by atoms with Gasteiger partial charge in [0.1, 0.15) is 17.3 Å². The Balaban J connectivity index is 1.64. The number of phosphoric ester groups is 1. The van der Waals surface area contributed by atoms with Gasteiger partial charge in [-0.1, -0.05) is 79.4 Å². The van der Waals surface area contributed by atoms with Gasteiger partial charge >= 0.3 is 7.82 Å². The Morgan fingerprint density at radius 2 is 1.28 bits per heavy atom. The monoisotopic (exact) mass is 406 g/mol. The molecule has 0 aromatic heterocycles. The summed E-state index contributed by atoms with van der Waals surface area (Å²) in [6, 6.07) is 27.7. The molecule has 3 aromatic rings. The molecule has 148 valence electrons. The van der Waals surface area contributed by atoms with Crippen LogP contribution in [0.2, 0.25) is 0 Å². The van der Waals surface area contributed by atoms with Gasteiger partial charge in [0.15, 0.2) is 0 Å². The number of allylic oxidation sites excluding steroid dienone is 2. The van der Waals surface area contributed by atoms with Crippen molar-refractivity contribution in [2.45, 2.75) is 12.8 Å². The van der Waals surface area contributed by atoms with E-state index in [4.69, 9.17) is 13.6 Å². The summed E-state index contributed by atoms with van der Waals surface area (Å²) in [5, 5.41) is 0. The summed E-state index contributed by atoms with van der Waals surface area (Å²) in [4.78, 5) is 0. The molecule has 29 heavy (non-hydrogen) atoms. The normalized spacial score (nSPS) is 11.2. The third-order valence-electron chi connectivity index (χ3n) is 3.90. The highest BCUT2D eigenvalue weighted by Crippen LogP contribution is 2.51. The van der Waals surface area contributed by atoms with Gasteiger partial charge in [0.25, 0.3) is 0 Å². The van der Waals surface area contributed by atoms with E-state index < -0.39 is 7.82 Å². The molecule has 3 rings (SSSR count). The lowest BCUT2D eigenvalue weighted by atomic mass is 10.1. The second kappa shape index (κ2) is 10.4. The van der Waals surface area contributed by atoms with Gasteiger partial charge in [-0.3, -0.25) is 0 Å². The van der Waals surface area contributed by atoms with E-state index in [0.717, 1.165) is 12.8 Å². The van der Waals surface area contributed by atoms with Crippen molar-refractivity contribution >= 4 is 7.82 Å². The van der Waals surface area contributed by atoms with E-state index in [1.807, 2.05) is 36.4 Å². The lowest BCUT2D eigenvalue weighted by Gasteiger charge is -2.19. The molecule has 0 aliphatic rings. The molecular formula is C24H23O4P. The molecule has 0 atom stereocenters. The number of benzene rings is 3. The zero-order chi connectivity index (χ0) is 20.4. The molecular weight excluding hydrogens is 383 g/mol. The number of aryl methyl sites for hydroxylation is 1. The SMILES string of the molecule is C=C(/C=C/CCc1ccccc1)OP(=O)(Oc1ccccc1)Oc1ccccc1. The first-order valence-corrected chi connectivity index (χ1v) is 10.8. The first-order valence-electron chi connectivity index (χ1n) is 9.31. The Morgan fingerprint density at radius 1 is 0.793 bits per heavy atom. The molecule has 0 radical (unpaired) electrons. The third kappa shape index (κ3) is 7.02. The van der Waals surface area contributed by atoms with Crippen molar-refractivity contribution in [3.05, 3.63) is 121 Å². The summed E-state index contributed by atoms with van der Waals surface area (Å²) in [5.41, 5.74) is 1.24. The average molecular weight is 406 g/mol. The molecule has 0 N–H and O–H groups in total. The Labute approximate surface area is 171 Å². The molecule has 0 amide bonds. The van der Waals surface area contributed by atoms with E-state index in [2.05, 4.69) is 18.7 Å². The maximum Gasteiger partial charge on any atom is 0.647 e. The highest BCUT2D eigenvalue weighted by molar-refractivity contribution is 7.49. The van der Waals surface area contributed by atoms with E-state index >= 15 is 0 Å². The van der Waals surface area contributed by atoms with Crippen LogP contribution >= 0.6 is 7.82 Å². The molecule has 0 spiro atoms. The Kier molecular flexibility index (Phi) is 7.32. The quantitative estimate of drug-likeness (QED) is 0.207. The molecule has 0 bridgehead atoms. The predicted octanol–water partition coefficient (Wildman–Crippen LogP) is 6.97. The maximum atomic E-state index is 13.3. The fourth-order valence-corrected chi connectivity index (χ4v) is 3.78. The van der Waals surface area contributed by atoms with Gasteiger partial charge in [-0.05, 0) is 48.7 Å². The van der Waals surface area contributed by atoms with Gasteiger partial charge in [0.05, 0.1) is 0 Å². The topological polar surface area (TPSA) is 44.8 Å². The summed E-state index contributed by atoms with van der Waals surface area (Å²) in [6.45, 7) is 3.83. The minimum absolute atomic E-state index is 0.202. The number of phosphoric acid groups is 1. The number of hydrogen-bond acceptors (Lipinski definition) is 4. The standard InChI is InChI=1S/C24H23O4P/c1-21(13-11-12-16-22-14-5-2-6-15-22)26-29(25,27-23-17-7-3-8-18-23)28-24-19-9-4-10-20-24/h2-11,13-15,17-20H,1,12,16H2/b13-11+. The molecule has 3 aromatic carbocycles. The minimum Gasteiger partial charge on any atom is -0.387 e. The van der Waals surface area contributed by atoms with Gasteiger partial charge in [-0.2, -0.15) is 4.57 Å². The van der Waals surface area contributed by atoms with Crippen molar-refractivity contribution < 1.29 is 18.1 Å². The van der Waals surface area contributed by atoms with Crippen LogP contribution in [0, 0.1) is 0 Å². The van der Waals surface area contributed by atoms with Crippen LogP contribution in [0.1, 0.15) is 12.0 Å². The van der Waals surface area contributed by atoms with E-state index in [-0.39, 0.29) is 5.76 Å². The summed E-state index contributed by atoms with van der Waals surface area (Å²) < 4.78 is 29.9. The molecule has 0 saturated carbocycles. The minimum atomic E-state index is -3.98. The second-order valence-corrected chi connectivity index (χ2v) is 7.68. The largest absolute Gasteiger partial charge is 0.647 e. The highest BCUT2D eigenvalue weighted by atomic mass is 31.2. The van der Waals surface area contributed by atoms with Gasteiger partial charge in [0.2, 0.25) is 0 Å². The summed E-state index contributed by atoms with van der Waals surface area (Å²) >= 11 is 0. The molecule has 4 nitrogen and oxygen atoms in total. The lowest BCUT2D eigenvalue weighted by Crippen LogP contribution is -2.04. The lowest BCUT2D eigenvalue weighted by molar-refractivity contribution is 0.263. The number of rotatable bonds is 10. The zero-order valence-corrected chi connectivity index (χ0v) is 16.9. The summed E-state index contributed by atoms with van der Waals surface area (Å²) in [7, 11) is -3.98. The Hall–Kier alpha value is -3.23. The van der Waals surface area contributed by atoms with Crippen molar-refractivity contribution in [3.63, 3.8) is 0 Å². The molecule has 5 heteroatoms. The van der Waals surface area contributed by atoms with Crippen LogP contribution in [0.3, 0.4) is 0 Å². The van der Waals surface area contributed by atoms with E-state index in [9.17, 15) is 4.57 Å². The summed E-state index contributed by atoms with van der Waals surface area (Å²) in [5.74, 6) is 0.966. The fourth-order valence-electron chi connectivity index (χ4n) is 2.56. The van der Waals surface area contributed by atoms with Crippen molar-refractivity contribution in [1.82, 2.24) is 0 Å². The maximum absolute atomic E-state index is 13.3. The second-order valence-electron chi connectivity index (χ2n) is 6.24. The van der Waals surface area contributed by atoms with Crippen LogP contribution in [0.4, 0.5) is 0 Å². The zero-order valence-electron chi connectivity index (χ0n) is 16.0. The van der Waals surface area contributed by atoms with Crippen molar-refractivity contribution in [3.8, 4) is 11.5 Å². The van der Waals surface area contributed by atoms with Gasteiger partial charge in [-0.25, -0.2) is 0 Å². The summed E-state index contributed by atoms with van der Waals surface area (Å²) in [6.07, 6.45) is 5.29. The smallest absolute Gasteiger partial charge is 0.387 e. The first kappa shape index (κ1) is 20.5. The van der Waals surface area contributed by atoms with Crippen LogP contribution in [0.5, 0.6) is 11.5 Å². The molecule has 0 unspecified atom stereocenters. The van der Waals surface area contributed by atoms with E-state index in [1.165, 1.54) is 5.56 Å². The Morgan fingerprint density at radius 3 is 1.79 bits per heavy atom. The van der Waals surface area contributed by atoms with Gasteiger partial charge < -0.3 is 13.6 Å².